The van der Waals surface area contributed by atoms with E-state index in [-0.39, 0.29) is 21.9 Å². The number of hydrogen-bond donors (Lipinski definition) is 1. The van der Waals surface area contributed by atoms with Crippen LogP contribution in [0.2, 0.25) is 5.02 Å². The fraction of sp³-hybridized carbons (Fsp3) is 0.211. The first-order valence-electron chi connectivity index (χ1n) is 8.29. The molecule has 152 valence electrons. The highest BCUT2D eigenvalue weighted by Crippen LogP contribution is 2.34. The topological polar surface area (TPSA) is 75.7 Å². The van der Waals surface area contributed by atoms with E-state index in [1.54, 1.807) is 0 Å². The molecule has 2 aromatic carbocycles. The van der Waals surface area contributed by atoms with Gasteiger partial charge in [-0.2, -0.15) is 8.78 Å². The van der Waals surface area contributed by atoms with Crippen LogP contribution in [0.5, 0.6) is 5.75 Å². The molecule has 0 saturated carbocycles. The van der Waals surface area contributed by atoms with Crippen molar-refractivity contribution < 1.29 is 32.3 Å². The van der Waals surface area contributed by atoms with Gasteiger partial charge >= 0.3 is 12.6 Å². The Balaban J connectivity index is 1.78. The van der Waals surface area contributed by atoms with Crippen LogP contribution < -0.4 is 10.1 Å². The summed E-state index contributed by atoms with van der Waals surface area (Å²) in [6, 6.07) is 7.41. The smallest absolute Gasteiger partial charge is 0.387 e. The first-order valence-corrected chi connectivity index (χ1v) is 8.67. The number of ether oxygens (including phenoxy) is 1. The van der Waals surface area contributed by atoms with Crippen molar-refractivity contribution in [1.82, 2.24) is 10.2 Å². The Bertz CT molecular complexity index is 984. The summed E-state index contributed by atoms with van der Waals surface area (Å²) in [5.41, 5.74) is -1.29. The highest BCUT2D eigenvalue weighted by Gasteiger charge is 2.50. The van der Waals surface area contributed by atoms with Gasteiger partial charge in [-0.1, -0.05) is 17.7 Å². The maximum atomic E-state index is 13.3. The zero-order valence-corrected chi connectivity index (χ0v) is 15.7. The number of amides is 3. The van der Waals surface area contributed by atoms with Crippen LogP contribution in [0.25, 0.3) is 0 Å². The van der Waals surface area contributed by atoms with Gasteiger partial charge in [-0.05, 0) is 43.3 Å². The summed E-state index contributed by atoms with van der Waals surface area (Å²) >= 11 is 6.02. The van der Waals surface area contributed by atoms with E-state index in [0.29, 0.717) is 4.90 Å². The molecule has 0 aromatic heterocycles. The number of nitrogens with one attached hydrogen (secondary N) is 1. The van der Waals surface area contributed by atoms with Crippen molar-refractivity contribution >= 4 is 29.3 Å². The van der Waals surface area contributed by atoms with Gasteiger partial charge in [0, 0.05) is 16.1 Å². The van der Waals surface area contributed by atoms with E-state index < -0.39 is 42.2 Å². The van der Waals surface area contributed by atoms with Gasteiger partial charge in [0.1, 0.15) is 17.1 Å². The Labute approximate surface area is 168 Å². The van der Waals surface area contributed by atoms with Gasteiger partial charge in [-0.15, -0.1) is 0 Å². The van der Waals surface area contributed by atoms with E-state index in [1.807, 2.05) is 0 Å². The van der Waals surface area contributed by atoms with Crippen LogP contribution in [0.4, 0.5) is 18.0 Å². The average Bonchev–Trinajstić information content (AvgIpc) is 2.85. The molecule has 1 unspecified atom stereocenters. The van der Waals surface area contributed by atoms with Gasteiger partial charge < -0.3 is 10.1 Å². The van der Waals surface area contributed by atoms with Gasteiger partial charge in [-0.25, -0.2) is 9.18 Å². The quantitative estimate of drug-likeness (QED) is 0.564. The van der Waals surface area contributed by atoms with Gasteiger partial charge in [0.05, 0.1) is 6.54 Å². The van der Waals surface area contributed by atoms with E-state index >= 15 is 0 Å². The summed E-state index contributed by atoms with van der Waals surface area (Å²) in [5.74, 6) is -2.07. The number of benzene rings is 2. The molecule has 1 atom stereocenters. The predicted octanol–water partition coefficient (Wildman–Crippen LogP) is 3.73. The summed E-state index contributed by atoms with van der Waals surface area (Å²) in [4.78, 5) is 38.3. The molecule has 1 N–H and O–H groups in total. The SMILES string of the molecule is CC1(c2ccc(F)cc2Cl)NC(=O)N(CC(=O)c2ccc(OC(F)F)cc2)C1=O. The molecule has 1 aliphatic rings. The van der Waals surface area contributed by atoms with Crippen LogP contribution in [-0.4, -0.2) is 35.8 Å². The van der Waals surface area contributed by atoms with Crippen LogP contribution in [0.15, 0.2) is 42.5 Å². The normalized spacial score (nSPS) is 18.9. The second-order valence-electron chi connectivity index (χ2n) is 6.40. The first-order chi connectivity index (χ1) is 13.6. The van der Waals surface area contributed by atoms with Crippen molar-refractivity contribution in [3.8, 4) is 5.75 Å². The van der Waals surface area contributed by atoms with E-state index in [9.17, 15) is 27.6 Å². The third-order valence-corrected chi connectivity index (χ3v) is 4.76. The maximum absolute atomic E-state index is 13.3. The molecule has 29 heavy (non-hydrogen) atoms. The maximum Gasteiger partial charge on any atom is 0.387 e. The highest BCUT2D eigenvalue weighted by atomic mass is 35.5. The standard InChI is InChI=1S/C19H14ClF3N2O4/c1-19(13-7-4-11(21)8-14(13)20)16(27)25(18(28)24-19)9-15(26)10-2-5-12(6-3-10)29-17(22)23/h2-8,17H,9H2,1H3,(H,24,28). The molecule has 0 radical (unpaired) electrons. The van der Waals surface area contributed by atoms with Gasteiger partial charge in [0.25, 0.3) is 5.91 Å². The number of carbonyl (C=O) groups is 3. The highest BCUT2D eigenvalue weighted by molar-refractivity contribution is 6.32. The van der Waals surface area contributed by atoms with Crippen LogP contribution in [0, 0.1) is 5.82 Å². The summed E-state index contributed by atoms with van der Waals surface area (Å²) in [7, 11) is 0. The van der Waals surface area contributed by atoms with Crippen LogP contribution in [0.3, 0.4) is 0 Å². The Morgan fingerprint density at radius 2 is 1.86 bits per heavy atom. The number of halogens is 4. The third-order valence-electron chi connectivity index (χ3n) is 4.45. The number of hydrogen-bond acceptors (Lipinski definition) is 4. The van der Waals surface area contributed by atoms with Crippen molar-refractivity contribution in [3.63, 3.8) is 0 Å². The molecule has 0 spiro atoms. The minimum absolute atomic E-state index is 0.0519. The Kier molecular flexibility index (Phi) is 5.52. The molecule has 1 saturated heterocycles. The van der Waals surface area contributed by atoms with Crippen molar-refractivity contribution in [2.75, 3.05) is 6.54 Å². The predicted molar refractivity (Wildman–Crippen MR) is 96.4 cm³/mol. The number of rotatable bonds is 6. The summed E-state index contributed by atoms with van der Waals surface area (Å²) < 4.78 is 41.9. The third kappa shape index (κ3) is 4.04. The summed E-state index contributed by atoms with van der Waals surface area (Å²) in [6.45, 7) is -2.18. The van der Waals surface area contributed by atoms with Gasteiger partial charge in [-0.3, -0.25) is 14.5 Å². The van der Waals surface area contributed by atoms with Crippen LogP contribution in [0.1, 0.15) is 22.8 Å². The second-order valence-corrected chi connectivity index (χ2v) is 6.80. The lowest BCUT2D eigenvalue weighted by molar-refractivity contribution is -0.130. The number of ketones is 1. The number of nitrogens with zero attached hydrogens (tertiary/aromatic N) is 1. The van der Waals surface area contributed by atoms with Crippen molar-refractivity contribution in [1.29, 1.82) is 0 Å². The fourth-order valence-electron chi connectivity index (χ4n) is 2.98. The molecule has 6 nitrogen and oxygen atoms in total. The lowest BCUT2D eigenvalue weighted by atomic mass is 9.92. The first kappa shape index (κ1) is 20.7. The Morgan fingerprint density at radius 3 is 2.45 bits per heavy atom. The van der Waals surface area contributed by atoms with Crippen molar-refractivity contribution in [3.05, 3.63) is 64.4 Å². The lowest BCUT2D eigenvalue weighted by Gasteiger charge is -2.23. The minimum atomic E-state index is -3.00. The summed E-state index contributed by atoms with van der Waals surface area (Å²) in [5, 5.41) is 2.42. The molecule has 3 amide bonds. The average molecular weight is 427 g/mol. The molecular formula is C19H14ClF3N2O4. The fourth-order valence-corrected chi connectivity index (χ4v) is 3.33. The number of imide groups is 1. The van der Waals surface area contributed by atoms with E-state index in [1.165, 1.54) is 37.3 Å². The zero-order chi connectivity index (χ0) is 21.3. The van der Waals surface area contributed by atoms with Gasteiger partial charge in [0.2, 0.25) is 0 Å². The van der Waals surface area contributed by atoms with Crippen molar-refractivity contribution in [2.24, 2.45) is 0 Å². The molecule has 0 aliphatic carbocycles. The molecule has 0 bridgehead atoms. The van der Waals surface area contributed by atoms with Gasteiger partial charge in [0.15, 0.2) is 5.78 Å². The Hall–Kier alpha value is -3.07. The molecule has 1 heterocycles. The second kappa shape index (κ2) is 7.75. The molecule has 3 rings (SSSR count). The number of alkyl halides is 2. The lowest BCUT2D eigenvalue weighted by Crippen LogP contribution is -2.41. The number of Topliss-reactive ketones (excluding diaryl/α,β-unsaturated/α-hetero) is 1. The Morgan fingerprint density at radius 1 is 1.21 bits per heavy atom. The molecule has 10 heteroatoms. The molecule has 1 aliphatic heterocycles. The zero-order valence-electron chi connectivity index (χ0n) is 14.9. The largest absolute Gasteiger partial charge is 0.435 e. The summed E-state index contributed by atoms with van der Waals surface area (Å²) in [6.07, 6.45) is 0. The van der Waals surface area contributed by atoms with Crippen molar-refractivity contribution in [2.45, 2.75) is 19.1 Å². The monoisotopic (exact) mass is 426 g/mol. The molecule has 1 fully saturated rings. The van der Waals surface area contributed by atoms with E-state index in [0.717, 1.165) is 12.1 Å². The van der Waals surface area contributed by atoms with E-state index in [2.05, 4.69) is 10.1 Å². The number of carbonyl (C=O) groups excluding carboxylic acids is 3. The van der Waals surface area contributed by atoms with Crippen LogP contribution >= 0.6 is 11.6 Å². The minimum Gasteiger partial charge on any atom is -0.435 e. The molecular weight excluding hydrogens is 413 g/mol. The number of urea groups is 1. The van der Waals surface area contributed by atoms with Crippen LogP contribution in [-0.2, 0) is 10.3 Å². The molecule has 2 aromatic rings. The van der Waals surface area contributed by atoms with E-state index in [4.69, 9.17) is 11.6 Å².